The number of carbonyl (C=O) groups is 1. The van der Waals surface area contributed by atoms with Crippen LogP contribution in [0, 0.1) is 5.41 Å². The molecule has 0 amide bonds. The number of imidazole rings is 1. The van der Waals surface area contributed by atoms with E-state index in [0.29, 0.717) is 29.9 Å². The van der Waals surface area contributed by atoms with Crippen LogP contribution in [0.4, 0.5) is 5.82 Å². The van der Waals surface area contributed by atoms with E-state index in [4.69, 9.17) is 29.0 Å². The number of methoxy groups -OCH3 is 1. The fourth-order valence-electron chi connectivity index (χ4n) is 4.44. The third-order valence-electron chi connectivity index (χ3n) is 6.84. The normalized spacial score (nSPS) is 23.9. The molecule has 5 rings (SSSR count). The van der Waals surface area contributed by atoms with Crippen LogP contribution in [0.1, 0.15) is 32.6 Å². The van der Waals surface area contributed by atoms with Crippen molar-refractivity contribution >= 4 is 36.9 Å². The van der Waals surface area contributed by atoms with Gasteiger partial charge in [0.15, 0.2) is 23.3 Å². The second-order valence-corrected chi connectivity index (χ2v) is 11.5. The van der Waals surface area contributed by atoms with Gasteiger partial charge in [0.2, 0.25) is 0 Å². The topological polar surface area (TPSA) is 162 Å². The molecule has 1 aromatic carbocycles. The van der Waals surface area contributed by atoms with Crippen molar-refractivity contribution in [3.63, 3.8) is 0 Å². The number of nitrogens with zero attached hydrogens (tertiary/aromatic N) is 4. The first-order chi connectivity index (χ1) is 19.3. The van der Waals surface area contributed by atoms with E-state index < -0.39 is 25.2 Å². The predicted molar refractivity (Wildman–Crippen MR) is 146 cm³/mol. The molecule has 1 saturated carbocycles. The number of nitrogens with two attached hydrogens (primary N) is 1. The van der Waals surface area contributed by atoms with Crippen molar-refractivity contribution in [3.05, 3.63) is 48.6 Å². The molecule has 1 aliphatic carbocycles. The molecule has 40 heavy (non-hydrogen) atoms. The van der Waals surface area contributed by atoms with Crippen LogP contribution in [-0.4, -0.2) is 64.8 Å². The van der Waals surface area contributed by atoms with Crippen molar-refractivity contribution in [2.75, 3.05) is 32.7 Å². The summed E-state index contributed by atoms with van der Waals surface area (Å²) in [7, 11) is -2.79. The monoisotopic (exact) mass is 572 g/mol. The molecule has 214 valence electrons. The lowest BCUT2D eigenvalue weighted by Crippen LogP contribution is -2.35. The quantitative estimate of drug-likeness (QED) is 0.240. The first-order valence-corrected chi connectivity index (χ1v) is 14.6. The Morgan fingerprint density at radius 1 is 1.27 bits per heavy atom. The molecule has 4 atom stereocenters. The molecule has 14 heteroatoms. The zero-order chi connectivity index (χ0) is 28.2. The second kappa shape index (κ2) is 12.0. The minimum Gasteiger partial charge on any atom is -0.468 e. The molecule has 13 nitrogen and oxygen atoms in total. The maximum Gasteiger partial charge on any atom is 0.459 e. The molecule has 3 aromatic rings. The molecule has 2 fully saturated rings. The molecular formula is C26H33N6O7P. The van der Waals surface area contributed by atoms with Crippen LogP contribution < -0.4 is 15.3 Å². The van der Waals surface area contributed by atoms with E-state index in [0.717, 1.165) is 24.8 Å². The Labute approximate surface area is 231 Å². The summed E-state index contributed by atoms with van der Waals surface area (Å²) in [6.45, 7) is 2.43. The first kappa shape index (κ1) is 28.2. The third kappa shape index (κ3) is 6.51. The number of para-hydroxylation sites is 1. The molecule has 0 bridgehead atoms. The number of benzene rings is 1. The molecular weight excluding hydrogens is 539 g/mol. The average Bonchev–Trinajstić information content (AvgIpc) is 3.49. The van der Waals surface area contributed by atoms with Crippen molar-refractivity contribution in [1.82, 2.24) is 24.6 Å². The molecule has 1 saturated heterocycles. The molecule has 0 spiro atoms. The van der Waals surface area contributed by atoms with Crippen molar-refractivity contribution in [2.24, 2.45) is 5.41 Å². The van der Waals surface area contributed by atoms with Gasteiger partial charge in [-0.05, 0) is 50.3 Å². The van der Waals surface area contributed by atoms with Gasteiger partial charge in [-0.25, -0.2) is 19.5 Å². The number of anilines is 1. The highest BCUT2D eigenvalue weighted by Gasteiger charge is 2.52. The maximum atomic E-state index is 13.9. The summed E-state index contributed by atoms with van der Waals surface area (Å²) >= 11 is 0. The van der Waals surface area contributed by atoms with Crippen molar-refractivity contribution in [1.29, 1.82) is 0 Å². The van der Waals surface area contributed by atoms with Crippen LogP contribution in [-0.2, 0) is 28.1 Å². The number of hydrogen-bond acceptors (Lipinski definition) is 11. The van der Waals surface area contributed by atoms with E-state index in [1.807, 2.05) is 12.3 Å². The molecule has 2 aliphatic rings. The largest absolute Gasteiger partial charge is 0.468 e. The standard InChI is InChI=1S/C26H33N6O7P/c1-18(25(33)35-2)31-40(34,39-20-8-4-3-5-9-20)38-15-26(14-37-21-10-6-7-11-36-21)12-19(26)13-32-17-30-22-23(27)28-16-29-24(22)32/h3-5,8-9,13,16-18,21H,6-7,10-12,14-15H2,1-2H3,(H,31,34)(H2,27,28,29)/b19-13-/t18-,21?,26?,40?/m0/s1. The number of nitrogens with one attached hydrogen (secondary N) is 1. The van der Waals surface area contributed by atoms with E-state index >= 15 is 0 Å². The summed E-state index contributed by atoms with van der Waals surface area (Å²) in [6.07, 6.45) is 7.98. The van der Waals surface area contributed by atoms with Crippen LogP contribution >= 0.6 is 7.75 Å². The number of nitrogen functional groups attached to an aromatic ring is 1. The van der Waals surface area contributed by atoms with E-state index in [1.54, 1.807) is 35.2 Å². The second-order valence-electron chi connectivity index (χ2n) is 9.85. The molecule has 0 radical (unpaired) electrons. The lowest BCUT2D eigenvalue weighted by Gasteiger charge is -2.27. The summed E-state index contributed by atoms with van der Waals surface area (Å²) in [4.78, 5) is 24.7. The Hall–Kier alpha value is -3.35. The number of rotatable bonds is 12. The number of esters is 1. The molecule has 2 aromatic heterocycles. The first-order valence-electron chi connectivity index (χ1n) is 13.0. The zero-order valence-corrected chi connectivity index (χ0v) is 23.3. The highest BCUT2D eigenvalue weighted by molar-refractivity contribution is 7.52. The van der Waals surface area contributed by atoms with Crippen LogP contribution in [0.3, 0.4) is 0 Å². The number of fused-ring (bicyclic) bond motifs is 1. The molecule has 3 N–H and O–H groups in total. The Morgan fingerprint density at radius 3 is 2.85 bits per heavy atom. The predicted octanol–water partition coefficient (Wildman–Crippen LogP) is 3.54. The van der Waals surface area contributed by atoms with E-state index in [2.05, 4.69) is 20.0 Å². The van der Waals surface area contributed by atoms with E-state index in [9.17, 15) is 9.36 Å². The van der Waals surface area contributed by atoms with E-state index in [1.165, 1.54) is 20.4 Å². The van der Waals surface area contributed by atoms with Gasteiger partial charge in [-0.15, -0.1) is 0 Å². The van der Waals surface area contributed by atoms with Gasteiger partial charge in [0.1, 0.15) is 24.4 Å². The fraction of sp³-hybridized carbons (Fsp3) is 0.462. The Kier molecular flexibility index (Phi) is 8.48. The Bertz CT molecular complexity index is 1410. The highest BCUT2D eigenvalue weighted by atomic mass is 31.2. The fourth-order valence-corrected chi connectivity index (χ4v) is 6.02. The molecule has 3 heterocycles. The number of ether oxygens (including phenoxy) is 3. The van der Waals surface area contributed by atoms with Gasteiger partial charge >= 0.3 is 13.7 Å². The van der Waals surface area contributed by atoms with E-state index in [-0.39, 0.29) is 25.3 Å². The summed E-state index contributed by atoms with van der Waals surface area (Å²) in [6, 6.07) is 7.66. The summed E-state index contributed by atoms with van der Waals surface area (Å²) < 4.78 is 44.2. The van der Waals surface area contributed by atoms with Crippen molar-refractivity contribution < 1.29 is 32.6 Å². The van der Waals surface area contributed by atoms with Gasteiger partial charge in [-0.2, -0.15) is 5.09 Å². The zero-order valence-electron chi connectivity index (χ0n) is 22.4. The van der Waals surface area contributed by atoms with Crippen LogP contribution in [0.2, 0.25) is 0 Å². The van der Waals surface area contributed by atoms with Gasteiger partial charge in [0, 0.05) is 18.2 Å². The lowest BCUT2D eigenvalue weighted by molar-refractivity contribution is -0.171. The van der Waals surface area contributed by atoms with Gasteiger partial charge in [0.05, 0.1) is 20.3 Å². The third-order valence-corrected chi connectivity index (χ3v) is 8.46. The minimum absolute atomic E-state index is 0.0136. The molecule has 3 unspecified atom stereocenters. The van der Waals surface area contributed by atoms with Gasteiger partial charge in [-0.1, -0.05) is 18.2 Å². The molecule has 1 aliphatic heterocycles. The number of aromatic nitrogens is 4. The van der Waals surface area contributed by atoms with Gasteiger partial charge < -0.3 is 24.5 Å². The smallest absolute Gasteiger partial charge is 0.459 e. The summed E-state index contributed by atoms with van der Waals surface area (Å²) in [5.41, 5.74) is 7.34. The Morgan fingerprint density at radius 2 is 2.10 bits per heavy atom. The van der Waals surface area contributed by atoms with Gasteiger partial charge in [-0.3, -0.25) is 13.9 Å². The summed E-state index contributed by atoms with van der Waals surface area (Å²) in [5, 5.41) is 2.69. The van der Waals surface area contributed by atoms with Crippen molar-refractivity contribution in [2.45, 2.75) is 44.9 Å². The number of carbonyl (C=O) groups excluding carboxylic acids is 1. The van der Waals surface area contributed by atoms with Crippen LogP contribution in [0.5, 0.6) is 5.75 Å². The lowest BCUT2D eigenvalue weighted by atomic mass is 10.1. The SMILES string of the molecule is COC(=O)[C@H](C)NP(=O)(OCC1(COC2CCCCO2)C/C1=C/n1cnc2c(N)ncnc21)Oc1ccccc1. The van der Waals surface area contributed by atoms with Crippen molar-refractivity contribution in [3.8, 4) is 5.75 Å². The highest BCUT2D eigenvalue weighted by Crippen LogP contribution is 2.57. The van der Waals surface area contributed by atoms with Gasteiger partial charge in [0.25, 0.3) is 0 Å². The minimum atomic E-state index is -4.04. The average molecular weight is 573 g/mol. The van der Waals surface area contributed by atoms with Crippen LogP contribution in [0.25, 0.3) is 17.4 Å². The maximum absolute atomic E-state index is 13.9. The van der Waals surface area contributed by atoms with Crippen LogP contribution in [0.15, 0.2) is 48.6 Å². The number of hydrogen-bond donors (Lipinski definition) is 2. The summed E-state index contributed by atoms with van der Waals surface area (Å²) in [5.74, 6) is 0.00776. The Balaban J connectivity index is 1.39.